The largest absolute Gasteiger partial charge is 0.329 e. The summed E-state index contributed by atoms with van der Waals surface area (Å²) in [4.78, 5) is 0. The number of hydrogen-bond acceptors (Lipinski definition) is 4. The monoisotopic (exact) mass is 314 g/mol. The number of hydrogen-bond donors (Lipinski definition) is 4. The summed E-state index contributed by atoms with van der Waals surface area (Å²) >= 11 is 2.42. The Bertz CT molecular complexity index is 111. The van der Waals surface area contributed by atoms with Crippen LogP contribution in [0, 0.1) is 0 Å². The molecule has 0 saturated carbocycles. The van der Waals surface area contributed by atoms with Crippen LogP contribution in [0.3, 0.4) is 0 Å². The molecule has 0 rings (SSSR count). The van der Waals surface area contributed by atoms with Crippen molar-refractivity contribution in [1.82, 2.24) is 16.0 Å². The van der Waals surface area contributed by atoms with Crippen LogP contribution in [-0.2, 0) is 0 Å². The van der Waals surface area contributed by atoms with Crippen molar-refractivity contribution in [2.45, 2.75) is 10.8 Å². The molecule has 86 valence electrons. The molecule has 5 heteroatoms. The second-order valence-corrected chi connectivity index (χ2v) is 5.40. The first-order valence-corrected chi connectivity index (χ1v) is 6.48. The van der Waals surface area contributed by atoms with Crippen LogP contribution in [0.4, 0.5) is 0 Å². The Morgan fingerprint density at radius 1 is 1.00 bits per heavy atom. The Hall–Kier alpha value is 0.570. The normalized spacial score (nSPS) is 13.1. The molecule has 0 aromatic carbocycles. The zero-order chi connectivity index (χ0) is 10.6. The standard InChI is InChI=1S/C9H23IN4/c1-9(10)8-14-7-6-13-5-4-12-3-2-11/h9,12-14H,2-8,11H2,1H3. The molecular formula is C9H23IN4. The maximum Gasteiger partial charge on any atom is 0.0206 e. The zero-order valence-corrected chi connectivity index (χ0v) is 11.1. The molecular weight excluding hydrogens is 291 g/mol. The second-order valence-electron chi connectivity index (χ2n) is 3.27. The van der Waals surface area contributed by atoms with Gasteiger partial charge in [-0.15, -0.1) is 0 Å². The molecule has 0 aliphatic rings. The number of nitrogens with one attached hydrogen (secondary N) is 3. The smallest absolute Gasteiger partial charge is 0.0206 e. The summed E-state index contributed by atoms with van der Waals surface area (Å²) in [5.74, 6) is 0. The molecule has 0 radical (unpaired) electrons. The van der Waals surface area contributed by atoms with Gasteiger partial charge in [-0.25, -0.2) is 0 Å². The summed E-state index contributed by atoms with van der Waals surface area (Å²) in [7, 11) is 0. The molecule has 14 heavy (non-hydrogen) atoms. The van der Waals surface area contributed by atoms with Gasteiger partial charge in [0.2, 0.25) is 0 Å². The van der Waals surface area contributed by atoms with Gasteiger partial charge >= 0.3 is 0 Å². The molecule has 0 fully saturated rings. The molecule has 0 amide bonds. The van der Waals surface area contributed by atoms with Crippen molar-refractivity contribution in [3.05, 3.63) is 0 Å². The van der Waals surface area contributed by atoms with Gasteiger partial charge in [-0.3, -0.25) is 0 Å². The molecule has 0 aromatic heterocycles. The van der Waals surface area contributed by atoms with Crippen LogP contribution in [0.15, 0.2) is 0 Å². The molecule has 5 N–H and O–H groups in total. The van der Waals surface area contributed by atoms with Gasteiger partial charge < -0.3 is 21.7 Å². The van der Waals surface area contributed by atoms with E-state index in [9.17, 15) is 0 Å². The first-order valence-electron chi connectivity index (χ1n) is 5.23. The molecule has 4 nitrogen and oxygen atoms in total. The van der Waals surface area contributed by atoms with Crippen molar-refractivity contribution in [2.75, 3.05) is 45.8 Å². The van der Waals surface area contributed by atoms with E-state index in [2.05, 4.69) is 45.5 Å². The van der Waals surface area contributed by atoms with Crippen molar-refractivity contribution in [3.8, 4) is 0 Å². The molecule has 0 bridgehead atoms. The summed E-state index contributed by atoms with van der Waals surface area (Å²) in [6.07, 6.45) is 0. The van der Waals surface area contributed by atoms with Crippen LogP contribution >= 0.6 is 22.6 Å². The summed E-state index contributed by atoms with van der Waals surface area (Å²) in [5.41, 5.74) is 5.34. The minimum absolute atomic E-state index is 0.707. The lowest BCUT2D eigenvalue weighted by Crippen LogP contribution is -2.35. The Morgan fingerprint density at radius 2 is 1.50 bits per heavy atom. The number of rotatable bonds is 10. The predicted molar refractivity (Wildman–Crippen MR) is 71.1 cm³/mol. The van der Waals surface area contributed by atoms with Crippen LogP contribution in [0.1, 0.15) is 6.92 Å². The Morgan fingerprint density at radius 3 is 2.00 bits per heavy atom. The maximum atomic E-state index is 5.34. The Labute approximate surface area is 101 Å². The molecule has 0 aromatic rings. The van der Waals surface area contributed by atoms with E-state index >= 15 is 0 Å². The minimum Gasteiger partial charge on any atom is -0.329 e. The number of nitrogens with two attached hydrogens (primary N) is 1. The lowest BCUT2D eigenvalue weighted by atomic mass is 10.4. The van der Waals surface area contributed by atoms with E-state index in [4.69, 9.17) is 5.73 Å². The molecule has 1 unspecified atom stereocenters. The highest BCUT2D eigenvalue weighted by atomic mass is 127. The van der Waals surface area contributed by atoms with Crippen LogP contribution in [0.5, 0.6) is 0 Å². The Balaban J connectivity index is 2.85. The maximum absolute atomic E-state index is 5.34. The summed E-state index contributed by atoms with van der Waals surface area (Å²) in [6, 6.07) is 0. The lowest BCUT2D eigenvalue weighted by molar-refractivity contribution is 0.585. The fourth-order valence-electron chi connectivity index (χ4n) is 1.01. The average molecular weight is 314 g/mol. The fraction of sp³-hybridized carbons (Fsp3) is 1.00. The predicted octanol–water partition coefficient (Wildman–Crippen LogP) is -0.463. The first-order chi connectivity index (χ1) is 6.77. The van der Waals surface area contributed by atoms with E-state index in [0.29, 0.717) is 3.92 Å². The molecule has 0 spiro atoms. The quantitative estimate of drug-likeness (QED) is 0.250. The zero-order valence-electron chi connectivity index (χ0n) is 8.98. The van der Waals surface area contributed by atoms with Crippen molar-refractivity contribution in [1.29, 1.82) is 0 Å². The van der Waals surface area contributed by atoms with Crippen LogP contribution in [0.2, 0.25) is 0 Å². The van der Waals surface area contributed by atoms with Gasteiger partial charge in [-0.05, 0) is 0 Å². The van der Waals surface area contributed by atoms with Crippen molar-refractivity contribution in [3.63, 3.8) is 0 Å². The summed E-state index contributed by atoms with van der Waals surface area (Å²) < 4.78 is 0.707. The molecule has 0 saturated heterocycles. The highest BCUT2D eigenvalue weighted by Crippen LogP contribution is 1.93. The van der Waals surface area contributed by atoms with Crippen LogP contribution < -0.4 is 21.7 Å². The molecule has 0 heterocycles. The van der Waals surface area contributed by atoms with Gasteiger partial charge in [0, 0.05) is 49.7 Å². The average Bonchev–Trinajstić information content (AvgIpc) is 2.15. The van der Waals surface area contributed by atoms with Gasteiger partial charge in [0.1, 0.15) is 0 Å². The third-order valence-corrected chi connectivity index (χ3v) is 2.14. The van der Waals surface area contributed by atoms with Gasteiger partial charge in [-0.1, -0.05) is 29.5 Å². The third-order valence-electron chi connectivity index (χ3n) is 1.70. The van der Waals surface area contributed by atoms with Crippen molar-refractivity contribution in [2.24, 2.45) is 5.73 Å². The van der Waals surface area contributed by atoms with Crippen molar-refractivity contribution >= 4 is 22.6 Å². The molecule has 0 aliphatic heterocycles. The topological polar surface area (TPSA) is 62.1 Å². The number of halogens is 1. The lowest BCUT2D eigenvalue weighted by Gasteiger charge is -2.08. The Kier molecular flexibility index (Phi) is 12.1. The van der Waals surface area contributed by atoms with E-state index in [0.717, 1.165) is 45.8 Å². The van der Waals surface area contributed by atoms with Crippen molar-refractivity contribution < 1.29 is 0 Å². The highest BCUT2D eigenvalue weighted by molar-refractivity contribution is 14.1. The molecule has 0 aliphatic carbocycles. The highest BCUT2D eigenvalue weighted by Gasteiger charge is 1.93. The molecule has 1 atom stereocenters. The van der Waals surface area contributed by atoms with E-state index in [1.54, 1.807) is 0 Å². The van der Waals surface area contributed by atoms with Gasteiger partial charge in [0.25, 0.3) is 0 Å². The van der Waals surface area contributed by atoms with E-state index in [-0.39, 0.29) is 0 Å². The van der Waals surface area contributed by atoms with Gasteiger partial charge in [0.05, 0.1) is 0 Å². The number of alkyl halides is 1. The second kappa shape index (κ2) is 11.6. The van der Waals surface area contributed by atoms with Gasteiger partial charge in [-0.2, -0.15) is 0 Å². The van der Waals surface area contributed by atoms with Gasteiger partial charge in [0.15, 0.2) is 0 Å². The van der Waals surface area contributed by atoms with E-state index in [1.165, 1.54) is 0 Å². The summed E-state index contributed by atoms with van der Waals surface area (Å²) in [6.45, 7) is 9.02. The van der Waals surface area contributed by atoms with Crippen LogP contribution in [-0.4, -0.2) is 49.7 Å². The SMILES string of the molecule is CC(I)CNCCNCCNCCN. The van der Waals surface area contributed by atoms with Crippen LogP contribution in [0.25, 0.3) is 0 Å². The van der Waals surface area contributed by atoms with E-state index < -0.39 is 0 Å². The third kappa shape index (κ3) is 12.6. The van der Waals surface area contributed by atoms with E-state index in [1.807, 2.05) is 0 Å². The first kappa shape index (κ1) is 14.6. The fourth-order valence-corrected chi connectivity index (χ4v) is 1.32. The minimum atomic E-state index is 0.707. The summed E-state index contributed by atoms with van der Waals surface area (Å²) in [5, 5.41) is 9.96.